The van der Waals surface area contributed by atoms with Crippen molar-refractivity contribution >= 4 is 15.9 Å². The van der Waals surface area contributed by atoms with Gasteiger partial charge in [0, 0.05) is 6.07 Å². The zero-order valence-corrected chi connectivity index (χ0v) is 8.11. The summed E-state index contributed by atoms with van der Waals surface area (Å²) in [7, 11) is 1.19. The molecule has 0 fully saturated rings. The van der Waals surface area contributed by atoms with Gasteiger partial charge in [-0.2, -0.15) is 4.39 Å². The molecule has 0 amide bonds. The van der Waals surface area contributed by atoms with Gasteiger partial charge in [-0.05, 0) is 15.9 Å². The first-order chi connectivity index (χ1) is 6.06. The number of nitrogens with zero attached hydrogens (tertiary/aromatic N) is 1. The van der Waals surface area contributed by atoms with Crippen molar-refractivity contribution in [1.29, 1.82) is 0 Å². The van der Waals surface area contributed by atoms with Gasteiger partial charge in [-0.1, -0.05) is 0 Å². The molecule has 0 unspecified atom stereocenters. The molecule has 0 N–H and O–H groups in total. The van der Waals surface area contributed by atoms with E-state index in [-0.39, 0.29) is 10.4 Å². The lowest BCUT2D eigenvalue weighted by Gasteiger charge is -2.08. The Bertz CT molecular complexity index is 319. The van der Waals surface area contributed by atoms with Crippen LogP contribution in [0.1, 0.15) is 12.0 Å². The number of halogens is 4. The maximum Gasteiger partial charge on any atom is 0.270 e. The molecule has 0 saturated heterocycles. The highest BCUT2D eigenvalue weighted by Gasteiger charge is 2.20. The maximum absolute atomic E-state index is 12.6. The van der Waals surface area contributed by atoms with Gasteiger partial charge >= 0.3 is 0 Å². The highest BCUT2D eigenvalue weighted by Crippen LogP contribution is 2.34. The zero-order chi connectivity index (χ0) is 10.0. The molecule has 0 aliphatic heterocycles. The molecule has 0 radical (unpaired) electrons. The normalized spacial score (nSPS) is 10.6. The van der Waals surface area contributed by atoms with E-state index < -0.39 is 17.9 Å². The van der Waals surface area contributed by atoms with Crippen LogP contribution in [0, 0.1) is 5.95 Å². The van der Waals surface area contributed by atoms with E-state index in [2.05, 4.69) is 25.7 Å². The van der Waals surface area contributed by atoms with Crippen molar-refractivity contribution in [1.82, 2.24) is 4.98 Å². The summed E-state index contributed by atoms with van der Waals surface area (Å²) in [6, 6.07) is 0.812. The van der Waals surface area contributed by atoms with Crippen LogP contribution in [0.3, 0.4) is 0 Å². The Balaban J connectivity index is 3.30. The standard InChI is InChI=1S/C7H5BrF3NO/c1-13-3-2-4(9)12-6(8)5(3)7(10)11/h2,7H,1H3. The smallest absolute Gasteiger partial charge is 0.270 e. The number of alkyl halides is 2. The highest BCUT2D eigenvalue weighted by molar-refractivity contribution is 9.10. The van der Waals surface area contributed by atoms with Crippen LogP contribution in [0.2, 0.25) is 0 Å². The second kappa shape index (κ2) is 3.95. The first-order valence-electron chi connectivity index (χ1n) is 3.24. The van der Waals surface area contributed by atoms with Crippen molar-refractivity contribution < 1.29 is 17.9 Å². The van der Waals surface area contributed by atoms with Crippen molar-refractivity contribution in [2.75, 3.05) is 7.11 Å². The van der Waals surface area contributed by atoms with E-state index in [0.29, 0.717) is 0 Å². The zero-order valence-electron chi connectivity index (χ0n) is 6.52. The van der Waals surface area contributed by atoms with E-state index in [9.17, 15) is 13.2 Å². The van der Waals surface area contributed by atoms with E-state index in [4.69, 9.17) is 0 Å². The number of methoxy groups -OCH3 is 1. The molecular weight excluding hydrogens is 251 g/mol. The molecule has 0 atom stereocenters. The lowest BCUT2D eigenvalue weighted by Crippen LogP contribution is -1.98. The largest absolute Gasteiger partial charge is 0.496 e. The Morgan fingerprint density at radius 3 is 2.62 bits per heavy atom. The van der Waals surface area contributed by atoms with Gasteiger partial charge in [0.25, 0.3) is 6.43 Å². The van der Waals surface area contributed by atoms with Gasteiger partial charge in [0.15, 0.2) is 0 Å². The van der Waals surface area contributed by atoms with Gasteiger partial charge in [0.2, 0.25) is 5.95 Å². The SMILES string of the molecule is COc1cc(F)nc(Br)c1C(F)F. The number of hydrogen-bond donors (Lipinski definition) is 0. The van der Waals surface area contributed by atoms with Crippen LogP contribution < -0.4 is 4.74 Å². The van der Waals surface area contributed by atoms with Crippen molar-refractivity contribution in [3.05, 3.63) is 22.2 Å². The fourth-order valence-electron chi connectivity index (χ4n) is 0.840. The lowest BCUT2D eigenvalue weighted by atomic mass is 10.2. The average Bonchev–Trinajstić information content (AvgIpc) is 2.01. The molecule has 1 aromatic rings. The maximum atomic E-state index is 12.6. The van der Waals surface area contributed by atoms with Gasteiger partial charge in [0.1, 0.15) is 10.4 Å². The monoisotopic (exact) mass is 255 g/mol. The molecule has 0 aromatic carbocycles. The topological polar surface area (TPSA) is 22.1 Å². The first-order valence-corrected chi connectivity index (χ1v) is 4.03. The van der Waals surface area contributed by atoms with Crippen LogP contribution >= 0.6 is 15.9 Å². The third-order valence-corrected chi connectivity index (χ3v) is 1.99. The van der Waals surface area contributed by atoms with Crippen molar-refractivity contribution in [2.24, 2.45) is 0 Å². The minimum absolute atomic E-state index is 0.214. The Kier molecular flexibility index (Phi) is 3.13. The van der Waals surface area contributed by atoms with Crippen LogP contribution in [0.25, 0.3) is 0 Å². The summed E-state index contributed by atoms with van der Waals surface area (Å²) >= 11 is 2.73. The predicted octanol–water partition coefficient (Wildman–Crippen LogP) is 2.93. The molecule has 1 rings (SSSR count). The van der Waals surface area contributed by atoms with E-state index in [1.54, 1.807) is 0 Å². The minimum atomic E-state index is -2.75. The fraction of sp³-hybridized carbons (Fsp3) is 0.286. The van der Waals surface area contributed by atoms with Crippen LogP contribution in [0.4, 0.5) is 13.2 Å². The van der Waals surface area contributed by atoms with Crippen LogP contribution in [-0.4, -0.2) is 12.1 Å². The summed E-state index contributed by atoms with van der Waals surface area (Å²) in [6.45, 7) is 0. The Morgan fingerprint density at radius 2 is 2.15 bits per heavy atom. The van der Waals surface area contributed by atoms with Crippen molar-refractivity contribution in [3.8, 4) is 5.75 Å². The fourth-order valence-corrected chi connectivity index (χ4v) is 1.38. The van der Waals surface area contributed by atoms with E-state index >= 15 is 0 Å². The third kappa shape index (κ3) is 2.12. The van der Waals surface area contributed by atoms with Gasteiger partial charge in [-0.25, -0.2) is 13.8 Å². The molecule has 1 aromatic heterocycles. The van der Waals surface area contributed by atoms with Gasteiger partial charge < -0.3 is 4.74 Å². The van der Waals surface area contributed by atoms with E-state index in [1.807, 2.05) is 0 Å². The average molecular weight is 256 g/mol. The van der Waals surface area contributed by atoms with Crippen LogP contribution in [0.5, 0.6) is 5.75 Å². The highest BCUT2D eigenvalue weighted by atomic mass is 79.9. The molecule has 0 aliphatic rings. The third-order valence-electron chi connectivity index (χ3n) is 1.38. The lowest BCUT2D eigenvalue weighted by molar-refractivity contribution is 0.145. The van der Waals surface area contributed by atoms with E-state index in [0.717, 1.165) is 6.07 Å². The first kappa shape index (κ1) is 10.3. The summed E-state index contributed by atoms with van der Waals surface area (Å²) in [5.41, 5.74) is -0.441. The molecule has 2 nitrogen and oxygen atoms in total. The molecule has 0 saturated carbocycles. The summed E-state index contributed by atoms with van der Waals surface area (Å²) in [6.07, 6.45) is -2.75. The second-order valence-corrected chi connectivity index (χ2v) is 2.90. The molecule has 1 heterocycles. The van der Waals surface area contributed by atoms with Crippen molar-refractivity contribution in [2.45, 2.75) is 6.43 Å². The number of hydrogen-bond acceptors (Lipinski definition) is 2. The molecule has 0 aliphatic carbocycles. The van der Waals surface area contributed by atoms with Gasteiger partial charge in [-0.3, -0.25) is 0 Å². The Morgan fingerprint density at radius 1 is 1.54 bits per heavy atom. The Hall–Kier alpha value is -0.780. The molecule has 13 heavy (non-hydrogen) atoms. The second-order valence-electron chi connectivity index (χ2n) is 2.15. The molecule has 6 heteroatoms. The number of ether oxygens (including phenoxy) is 1. The van der Waals surface area contributed by atoms with Gasteiger partial charge in [-0.15, -0.1) is 0 Å². The molecule has 72 valence electrons. The van der Waals surface area contributed by atoms with Gasteiger partial charge in [0.05, 0.1) is 12.7 Å². The van der Waals surface area contributed by atoms with Crippen LogP contribution in [-0.2, 0) is 0 Å². The summed E-state index contributed by atoms with van der Waals surface area (Å²) in [5.74, 6) is -1.08. The van der Waals surface area contributed by atoms with Crippen LogP contribution in [0.15, 0.2) is 10.7 Å². The van der Waals surface area contributed by atoms with E-state index in [1.165, 1.54) is 7.11 Å². The minimum Gasteiger partial charge on any atom is -0.496 e. The predicted molar refractivity (Wildman–Crippen MR) is 43.4 cm³/mol. The number of pyridine rings is 1. The molecular formula is C7H5BrF3NO. The summed E-state index contributed by atoms with van der Waals surface area (Å²) in [5, 5.41) is 0. The van der Waals surface area contributed by atoms with Crippen molar-refractivity contribution in [3.63, 3.8) is 0 Å². The summed E-state index contributed by atoms with van der Waals surface area (Å²) in [4.78, 5) is 3.19. The molecule has 0 bridgehead atoms. The Labute approximate surface area is 80.9 Å². The summed E-state index contributed by atoms with van der Waals surface area (Å²) < 4.78 is 41.6. The number of aromatic nitrogens is 1. The number of rotatable bonds is 2. The molecule has 0 spiro atoms. The quantitative estimate of drug-likeness (QED) is 0.759.